The second-order valence-electron chi connectivity index (χ2n) is 8.13. The predicted molar refractivity (Wildman–Crippen MR) is 126 cm³/mol. The molecule has 0 unspecified atom stereocenters. The Kier molecular flexibility index (Phi) is 7.19. The van der Waals surface area contributed by atoms with Crippen LogP contribution in [0.2, 0.25) is 5.02 Å². The number of hydrogen-bond donors (Lipinski definition) is 1. The summed E-state index contributed by atoms with van der Waals surface area (Å²) in [6.07, 6.45) is -1.15. The molecule has 174 valence electrons. The van der Waals surface area contributed by atoms with E-state index in [1.165, 1.54) is 36.4 Å². The summed E-state index contributed by atoms with van der Waals surface area (Å²) in [5.74, 6) is -0.183. The molecule has 3 aromatic carbocycles. The maximum Gasteiger partial charge on any atom is 0.429 e. The highest BCUT2D eigenvalue weighted by molar-refractivity contribution is 7.93. The van der Waals surface area contributed by atoms with E-state index in [-0.39, 0.29) is 28.7 Å². The first kappa shape index (κ1) is 24.4. The van der Waals surface area contributed by atoms with E-state index in [1.807, 2.05) is 30.3 Å². The van der Waals surface area contributed by atoms with Gasteiger partial charge >= 0.3 is 6.09 Å². The lowest BCUT2D eigenvalue weighted by Gasteiger charge is -2.28. The van der Waals surface area contributed by atoms with Crippen molar-refractivity contribution in [2.24, 2.45) is 0 Å². The average molecular weight is 490 g/mol. The SMILES string of the molecule is CC(C)(C)OC(=O)N(c1cc(O)ccc1OCc1ccccc1)S(=O)(=O)c1ccc(Cl)cc1. The summed E-state index contributed by atoms with van der Waals surface area (Å²) < 4.78 is 38.8. The van der Waals surface area contributed by atoms with Crippen molar-refractivity contribution >= 4 is 33.4 Å². The highest BCUT2D eigenvalue weighted by Gasteiger charge is 2.37. The largest absolute Gasteiger partial charge is 0.508 e. The molecule has 0 fully saturated rings. The van der Waals surface area contributed by atoms with Gasteiger partial charge in [0.15, 0.2) is 0 Å². The first-order chi connectivity index (χ1) is 15.5. The van der Waals surface area contributed by atoms with Gasteiger partial charge in [-0.2, -0.15) is 4.31 Å². The minimum Gasteiger partial charge on any atom is -0.508 e. The number of amides is 1. The van der Waals surface area contributed by atoms with Crippen molar-refractivity contribution in [1.82, 2.24) is 0 Å². The number of rotatable bonds is 6. The average Bonchev–Trinajstić information content (AvgIpc) is 2.73. The highest BCUT2D eigenvalue weighted by atomic mass is 35.5. The quantitative estimate of drug-likeness (QED) is 0.473. The Morgan fingerprint density at radius 2 is 1.64 bits per heavy atom. The molecule has 0 radical (unpaired) electrons. The van der Waals surface area contributed by atoms with Crippen LogP contribution in [0.3, 0.4) is 0 Å². The summed E-state index contributed by atoms with van der Waals surface area (Å²) in [7, 11) is -4.46. The lowest BCUT2D eigenvalue weighted by atomic mass is 10.2. The fourth-order valence-corrected chi connectivity index (χ4v) is 4.32. The van der Waals surface area contributed by atoms with Crippen molar-refractivity contribution in [2.45, 2.75) is 37.9 Å². The van der Waals surface area contributed by atoms with Crippen molar-refractivity contribution in [2.75, 3.05) is 4.31 Å². The molecule has 33 heavy (non-hydrogen) atoms. The number of aromatic hydroxyl groups is 1. The minimum absolute atomic E-state index is 0.0695. The van der Waals surface area contributed by atoms with Crippen LogP contribution in [0.4, 0.5) is 10.5 Å². The number of sulfonamides is 1. The summed E-state index contributed by atoms with van der Waals surface area (Å²) >= 11 is 5.90. The summed E-state index contributed by atoms with van der Waals surface area (Å²) in [5, 5.41) is 10.4. The normalized spacial score (nSPS) is 11.6. The van der Waals surface area contributed by atoms with Gasteiger partial charge in [-0.25, -0.2) is 13.2 Å². The van der Waals surface area contributed by atoms with Crippen LogP contribution in [-0.2, 0) is 21.4 Å². The van der Waals surface area contributed by atoms with Gasteiger partial charge < -0.3 is 14.6 Å². The third kappa shape index (κ3) is 6.18. The summed E-state index contributed by atoms with van der Waals surface area (Å²) in [4.78, 5) is 13.0. The van der Waals surface area contributed by atoms with Gasteiger partial charge in [0.1, 0.15) is 29.4 Å². The van der Waals surface area contributed by atoms with Gasteiger partial charge in [-0.05, 0) is 62.7 Å². The predicted octanol–water partition coefficient (Wildman–Crippen LogP) is 5.76. The fourth-order valence-electron chi connectivity index (χ4n) is 2.86. The first-order valence-electron chi connectivity index (χ1n) is 10.0. The van der Waals surface area contributed by atoms with Crippen LogP contribution in [0.5, 0.6) is 11.5 Å². The lowest BCUT2D eigenvalue weighted by molar-refractivity contribution is 0.0608. The number of phenolic OH excluding ortho intramolecular Hbond substituents is 1. The van der Waals surface area contributed by atoms with Crippen LogP contribution >= 0.6 is 11.6 Å². The Bertz CT molecular complexity index is 1220. The van der Waals surface area contributed by atoms with Crippen LogP contribution < -0.4 is 9.04 Å². The summed E-state index contributed by atoms with van der Waals surface area (Å²) in [6, 6.07) is 18.5. The van der Waals surface area contributed by atoms with Crippen molar-refractivity contribution < 1.29 is 27.8 Å². The standard InChI is InChI=1S/C24H24ClNO6S/c1-24(2,3)32-23(28)26(33(29,30)20-12-9-18(25)10-13-20)21-15-19(27)11-14-22(21)31-16-17-7-5-4-6-8-17/h4-15,27H,16H2,1-3H3. The van der Waals surface area contributed by atoms with E-state index >= 15 is 0 Å². The van der Waals surface area contributed by atoms with Crippen LogP contribution in [0, 0.1) is 0 Å². The maximum atomic E-state index is 13.6. The van der Waals surface area contributed by atoms with E-state index in [2.05, 4.69) is 0 Å². The number of benzene rings is 3. The molecule has 0 heterocycles. The third-order valence-electron chi connectivity index (χ3n) is 4.31. The molecule has 0 aromatic heterocycles. The highest BCUT2D eigenvalue weighted by Crippen LogP contribution is 2.37. The molecule has 1 N–H and O–H groups in total. The Morgan fingerprint density at radius 3 is 2.24 bits per heavy atom. The van der Waals surface area contributed by atoms with Crippen LogP contribution in [0.25, 0.3) is 0 Å². The van der Waals surface area contributed by atoms with Gasteiger partial charge in [0.05, 0.1) is 4.90 Å². The van der Waals surface area contributed by atoms with Crippen LogP contribution in [0.1, 0.15) is 26.3 Å². The van der Waals surface area contributed by atoms with Gasteiger partial charge in [0.25, 0.3) is 10.0 Å². The number of nitrogens with zero attached hydrogens (tertiary/aromatic N) is 1. The molecular formula is C24H24ClNO6S. The van der Waals surface area contributed by atoms with Gasteiger partial charge in [0, 0.05) is 11.1 Å². The maximum absolute atomic E-state index is 13.6. The van der Waals surface area contributed by atoms with Crippen molar-refractivity contribution in [1.29, 1.82) is 0 Å². The number of hydrogen-bond acceptors (Lipinski definition) is 6. The molecule has 0 atom stereocenters. The number of ether oxygens (including phenoxy) is 2. The fraction of sp³-hybridized carbons (Fsp3) is 0.208. The summed E-state index contributed by atoms with van der Waals surface area (Å²) in [6.45, 7) is 4.97. The number of anilines is 1. The lowest BCUT2D eigenvalue weighted by Crippen LogP contribution is -2.41. The zero-order chi connectivity index (χ0) is 24.2. The zero-order valence-electron chi connectivity index (χ0n) is 18.4. The topological polar surface area (TPSA) is 93.1 Å². The summed E-state index contributed by atoms with van der Waals surface area (Å²) in [5.41, 5.74) is -0.330. The van der Waals surface area contributed by atoms with Gasteiger partial charge in [-0.1, -0.05) is 41.9 Å². The van der Waals surface area contributed by atoms with Gasteiger partial charge in [-0.3, -0.25) is 0 Å². The smallest absolute Gasteiger partial charge is 0.429 e. The molecule has 0 bridgehead atoms. The Labute approximate surface area is 198 Å². The minimum atomic E-state index is -4.46. The van der Waals surface area contributed by atoms with E-state index in [9.17, 15) is 18.3 Å². The van der Waals surface area contributed by atoms with Crippen LogP contribution in [-0.4, -0.2) is 25.2 Å². The molecule has 0 spiro atoms. The molecule has 1 amide bonds. The molecule has 3 aromatic rings. The molecule has 7 nitrogen and oxygen atoms in total. The molecule has 9 heteroatoms. The molecule has 0 aliphatic carbocycles. The number of halogens is 1. The second kappa shape index (κ2) is 9.72. The second-order valence-corrected chi connectivity index (χ2v) is 10.4. The Hall–Kier alpha value is -3.23. The van der Waals surface area contributed by atoms with Crippen molar-refractivity contribution in [3.05, 3.63) is 83.4 Å². The first-order valence-corrected chi connectivity index (χ1v) is 11.8. The number of carbonyl (C=O) groups is 1. The van der Waals surface area contributed by atoms with E-state index in [1.54, 1.807) is 20.8 Å². The third-order valence-corrected chi connectivity index (χ3v) is 6.26. The van der Waals surface area contributed by atoms with Crippen molar-refractivity contribution in [3.8, 4) is 11.5 Å². The molecular weight excluding hydrogens is 466 g/mol. The van der Waals surface area contributed by atoms with Crippen molar-refractivity contribution in [3.63, 3.8) is 0 Å². The van der Waals surface area contributed by atoms with E-state index in [4.69, 9.17) is 21.1 Å². The van der Waals surface area contributed by atoms with E-state index < -0.39 is 21.7 Å². The molecule has 3 rings (SSSR count). The van der Waals surface area contributed by atoms with Gasteiger partial charge in [0.2, 0.25) is 0 Å². The molecule has 0 saturated carbocycles. The van der Waals surface area contributed by atoms with Crippen LogP contribution in [0.15, 0.2) is 77.7 Å². The van der Waals surface area contributed by atoms with Gasteiger partial charge in [-0.15, -0.1) is 0 Å². The number of carbonyl (C=O) groups excluding carboxylic acids is 1. The zero-order valence-corrected chi connectivity index (χ0v) is 19.9. The molecule has 0 aliphatic heterocycles. The molecule has 0 aliphatic rings. The monoisotopic (exact) mass is 489 g/mol. The Balaban J connectivity index is 2.11. The van der Waals surface area contributed by atoms with E-state index in [0.29, 0.717) is 9.33 Å². The number of phenols is 1. The van der Waals surface area contributed by atoms with E-state index in [0.717, 1.165) is 11.6 Å². The Morgan fingerprint density at radius 1 is 1.00 bits per heavy atom. The molecule has 0 saturated heterocycles.